The summed E-state index contributed by atoms with van der Waals surface area (Å²) in [7, 11) is 0. The van der Waals surface area contributed by atoms with Crippen LogP contribution < -0.4 is 5.73 Å². The lowest BCUT2D eigenvalue weighted by Crippen LogP contribution is -2.47. The zero-order chi connectivity index (χ0) is 18.6. The normalized spacial score (nSPS) is 24.0. The molecule has 4 rings (SSSR count). The van der Waals surface area contributed by atoms with E-state index in [1.807, 2.05) is 0 Å². The van der Waals surface area contributed by atoms with Gasteiger partial charge >= 0.3 is 0 Å². The molecular weight excluding hydrogens is 342 g/mol. The van der Waals surface area contributed by atoms with E-state index < -0.39 is 5.91 Å². The molecule has 3 heterocycles. The molecule has 0 unspecified atom stereocenters. The number of aromatic nitrogens is 2. The highest BCUT2D eigenvalue weighted by atomic mass is 16.5. The molecule has 0 bridgehead atoms. The van der Waals surface area contributed by atoms with Gasteiger partial charge in [-0.3, -0.25) is 14.7 Å². The van der Waals surface area contributed by atoms with Gasteiger partial charge in [0, 0.05) is 38.8 Å². The molecule has 0 aromatic carbocycles. The van der Waals surface area contributed by atoms with E-state index >= 15 is 0 Å². The molecule has 0 radical (unpaired) electrons. The van der Waals surface area contributed by atoms with Crippen LogP contribution in [0, 0.1) is 0 Å². The quantitative estimate of drug-likeness (QED) is 0.815. The Morgan fingerprint density at radius 2 is 1.67 bits per heavy atom. The third-order valence-corrected chi connectivity index (χ3v) is 6.33. The number of rotatable bonds is 6. The van der Waals surface area contributed by atoms with Crippen LogP contribution in [0.4, 0.5) is 0 Å². The summed E-state index contributed by atoms with van der Waals surface area (Å²) in [4.78, 5) is 24.5. The molecule has 7 nitrogen and oxygen atoms in total. The number of primary amides is 1. The lowest BCUT2D eigenvalue weighted by Gasteiger charge is -2.42. The van der Waals surface area contributed by atoms with Crippen LogP contribution in [-0.4, -0.2) is 70.1 Å². The highest BCUT2D eigenvalue weighted by Crippen LogP contribution is 2.29. The van der Waals surface area contributed by atoms with Crippen LogP contribution in [-0.2, 0) is 11.3 Å². The van der Waals surface area contributed by atoms with Gasteiger partial charge < -0.3 is 15.4 Å². The summed E-state index contributed by atoms with van der Waals surface area (Å²) in [5.74, 6) is -0.537. The molecule has 148 valence electrons. The number of hydrogen-bond donors (Lipinski definition) is 1. The summed E-state index contributed by atoms with van der Waals surface area (Å²) in [6.07, 6.45) is 12.7. The minimum Gasteiger partial charge on any atom is -0.375 e. The summed E-state index contributed by atoms with van der Waals surface area (Å²) in [5, 5.41) is 0. The molecule has 2 aliphatic heterocycles. The van der Waals surface area contributed by atoms with E-state index in [0.717, 1.165) is 44.2 Å². The molecule has 1 aromatic rings. The molecule has 3 fully saturated rings. The molecule has 1 amide bonds. The van der Waals surface area contributed by atoms with Crippen molar-refractivity contribution in [2.75, 3.05) is 26.2 Å². The Labute approximate surface area is 161 Å². The fourth-order valence-electron chi connectivity index (χ4n) is 4.40. The standard InChI is InChI=1S/C20H31N5O2/c21-20(26)19-13-22-15(12-23-19)14-24-8-4-17(5-9-24)27-18-6-10-25(11-7-18)16-2-1-3-16/h12-13,16-18H,1-11,14H2,(H2,21,26). The Hall–Kier alpha value is -1.57. The van der Waals surface area contributed by atoms with Gasteiger partial charge in [0.25, 0.3) is 5.91 Å². The zero-order valence-corrected chi connectivity index (χ0v) is 16.1. The highest BCUT2D eigenvalue weighted by molar-refractivity contribution is 5.90. The van der Waals surface area contributed by atoms with Crippen LogP contribution in [0.25, 0.3) is 0 Å². The van der Waals surface area contributed by atoms with Crippen LogP contribution in [0.15, 0.2) is 12.4 Å². The minimum atomic E-state index is -0.537. The maximum Gasteiger partial charge on any atom is 0.268 e. The lowest BCUT2D eigenvalue weighted by molar-refractivity contribution is -0.0727. The number of likely N-dealkylation sites (tertiary alicyclic amines) is 2. The van der Waals surface area contributed by atoms with Crippen molar-refractivity contribution in [2.45, 2.75) is 69.7 Å². The Bertz CT molecular complexity index is 618. The molecule has 27 heavy (non-hydrogen) atoms. The maximum absolute atomic E-state index is 11.1. The van der Waals surface area contributed by atoms with Gasteiger partial charge in [-0.2, -0.15) is 0 Å². The van der Waals surface area contributed by atoms with Crippen molar-refractivity contribution in [1.82, 2.24) is 19.8 Å². The number of nitrogens with zero attached hydrogens (tertiary/aromatic N) is 4. The van der Waals surface area contributed by atoms with Crippen LogP contribution in [0.5, 0.6) is 0 Å². The molecule has 0 atom stereocenters. The van der Waals surface area contributed by atoms with Crippen molar-refractivity contribution in [2.24, 2.45) is 5.73 Å². The van der Waals surface area contributed by atoms with Crippen molar-refractivity contribution >= 4 is 5.91 Å². The van der Waals surface area contributed by atoms with Crippen LogP contribution >= 0.6 is 0 Å². The third kappa shape index (κ3) is 4.83. The van der Waals surface area contributed by atoms with Crippen molar-refractivity contribution < 1.29 is 9.53 Å². The molecule has 7 heteroatoms. The second-order valence-electron chi connectivity index (χ2n) is 8.19. The maximum atomic E-state index is 11.1. The summed E-state index contributed by atoms with van der Waals surface area (Å²) >= 11 is 0. The number of nitrogens with two attached hydrogens (primary N) is 1. The average molecular weight is 374 g/mol. The molecule has 2 N–H and O–H groups in total. The molecule has 0 spiro atoms. The Morgan fingerprint density at radius 1 is 1.00 bits per heavy atom. The van der Waals surface area contributed by atoms with E-state index in [-0.39, 0.29) is 5.69 Å². The highest BCUT2D eigenvalue weighted by Gasteiger charge is 2.30. The molecule has 3 aliphatic rings. The fourth-order valence-corrected chi connectivity index (χ4v) is 4.40. The van der Waals surface area contributed by atoms with Crippen molar-refractivity contribution in [3.8, 4) is 0 Å². The molecule has 1 aliphatic carbocycles. The molecule has 1 saturated carbocycles. The van der Waals surface area contributed by atoms with Gasteiger partial charge in [0.05, 0.1) is 30.3 Å². The van der Waals surface area contributed by atoms with Gasteiger partial charge in [-0.15, -0.1) is 0 Å². The number of carbonyl (C=O) groups excluding carboxylic acids is 1. The number of ether oxygens (including phenoxy) is 1. The molecule has 2 saturated heterocycles. The van der Waals surface area contributed by atoms with Crippen LogP contribution in [0.3, 0.4) is 0 Å². The van der Waals surface area contributed by atoms with Crippen molar-refractivity contribution in [1.29, 1.82) is 0 Å². The summed E-state index contributed by atoms with van der Waals surface area (Å²) < 4.78 is 6.42. The second kappa shape index (κ2) is 8.63. The van der Waals surface area contributed by atoms with E-state index in [1.54, 1.807) is 6.20 Å². The predicted octanol–water partition coefficient (Wildman–Crippen LogP) is 1.57. The Balaban J connectivity index is 1.16. The van der Waals surface area contributed by atoms with Gasteiger partial charge in [0.2, 0.25) is 0 Å². The number of amides is 1. The SMILES string of the molecule is NC(=O)c1cnc(CN2CCC(OC3CCN(C4CCC4)CC3)CC2)cn1. The first kappa shape index (κ1) is 18.8. The minimum absolute atomic E-state index is 0.217. The topological polar surface area (TPSA) is 84.6 Å². The van der Waals surface area contributed by atoms with E-state index in [1.165, 1.54) is 51.4 Å². The second-order valence-corrected chi connectivity index (χ2v) is 8.19. The van der Waals surface area contributed by atoms with Crippen molar-refractivity contribution in [3.63, 3.8) is 0 Å². The Kier molecular flexibility index (Phi) is 6.00. The van der Waals surface area contributed by atoms with Gasteiger partial charge in [-0.05, 0) is 38.5 Å². The smallest absolute Gasteiger partial charge is 0.268 e. The van der Waals surface area contributed by atoms with Crippen LogP contribution in [0.1, 0.15) is 61.1 Å². The average Bonchev–Trinajstić information content (AvgIpc) is 2.64. The van der Waals surface area contributed by atoms with E-state index in [2.05, 4.69) is 19.8 Å². The number of carbonyl (C=O) groups is 1. The zero-order valence-electron chi connectivity index (χ0n) is 16.1. The predicted molar refractivity (Wildman–Crippen MR) is 102 cm³/mol. The first-order valence-corrected chi connectivity index (χ1v) is 10.4. The lowest BCUT2D eigenvalue weighted by atomic mass is 9.89. The summed E-state index contributed by atoms with van der Waals surface area (Å²) in [6, 6.07) is 0.870. The van der Waals surface area contributed by atoms with E-state index in [4.69, 9.17) is 10.5 Å². The summed E-state index contributed by atoms with van der Waals surface area (Å²) in [6.45, 7) is 5.23. The van der Waals surface area contributed by atoms with Crippen LogP contribution in [0.2, 0.25) is 0 Å². The van der Waals surface area contributed by atoms with Gasteiger partial charge in [0.15, 0.2) is 0 Å². The monoisotopic (exact) mass is 373 g/mol. The fraction of sp³-hybridized carbons (Fsp3) is 0.750. The van der Waals surface area contributed by atoms with Crippen molar-refractivity contribution in [3.05, 3.63) is 23.8 Å². The van der Waals surface area contributed by atoms with Gasteiger partial charge in [-0.1, -0.05) is 6.42 Å². The Morgan fingerprint density at radius 3 is 2.19 bits per heavy atom. The van der Waals surface area contributed by atoms with Gasteiger partial charge in [0.1, 0.15) is 5.69 Å². The number of hydrogen-bond acceptors (Lipinski definition) is 6. The van der Waals surface area contributed by atoms with E-state index in [9.17, 15) is 4.79 Å². The number of piperidine rings is 2. The van der Waals surface area contributed by atoms with E-state index in [0.29, 0.717) is 12.2 Å². The molecule has 1 aromatic heterocycles. The first-order chi connectivity index (χ1) is 13.2. The summed E-state index contributed by atoms with van der Waals surface area (Å²) in [5.41, 5.74) is 6.30. The first-order valence-electron chi connectivity index (χ1n) is 10.4. The van der Waals surface area contributed by atoms with Gasteiger partial charge in [-0.25, -0.2) is 4.98 Å². The largest absolute Gasteiger partial charge is 0.375 e. The molecular formula is C20H31N5O2. The third-order valence-electron chi connectivity index (χ3n) is 6.33.